The van der Waals surface area contributed by atoms with Crippen LogP contribution in [-0.4, -0.2) is 87.6 Å². The molecule has 59 heavy (non-hydrogen) atoms. The van der Waals surface area contributed by atoms with Crippen LogP contribution >= 0.6 is 0 Å². The van der Waals surface area contributed by atoms with E-state index in [0.29, 0.717) is 36.6 Å². The number of likely N-dealkylation sites (tertiary alicyclic amines) is 2. The van der Waals surface area contributed by atoms with Crippen LogP contribution in [0.25, 0.3) is 22.5 Å². The van der Waals surface area contributed by atoms with Crippen molar-refractivity contribution in [2.75, 3.05) is 25.5 Å². The van der Waals surface area contributed by atoms with Gasteiger partial charge in [-0.15, -0.1) is 0 Å². The predicted octanol–water partition coefficient (Wildman–Crippen LogP) is 7.37. The quantitative estimate of drug-likeness (QED) is 0.122. The van der Waals surface area contributed by atoms with Crippen LogP contribution in [-0.2, 0) is 23.9 Å². The maximum Gasteiger partial charge on any atom is 0.408 e. The standard InChI is InChI=1S/C45H55N7O7/c1-28(2)37(49-43(56)58-6)41(54)51-26-12-16-35(51)34-27-46-39(48-34)32-19-17-29(18-20-32)30-21-23-33(24-22-30)47-40(53)36-15-10-11-25-52(36)42(55)38(31-13-8-7-9-14-31)50-44(57)59-45(3,4)5/h7-9,13-14,17-24,27-28,35-38H,10-12,15-16,25-26H2,1-6H3,(H,46,48)(H,47,53)(H,49,56)(H,50,57)/t35-,36+,37-,38+/m0/s1. The first-order valence-electron chi connectivity index (χ1n) is 20.3. The van der Waals surface area contributed by atoms with Gasteiger partial charge in [0.25, 0.3) is 5.91 Å². The number of hydrogen-bond donors (Lipinski definition) is 4. The number of aromatic amines is 1. The van der Waals surface area contributed by atoms with Crippen molar-refractivity contribution < 1.29 is 33.4 Å². The van der Waals surface area contributed by atoms with E-state index in [0.717, 1.165) is 48.1 Å². The monoisotopic (exact) mass is 805 g/mol. The number of nitrogens with one attached hydrogen (secondary N) is 4. The molecule has 14 nitrogen and oxygen atoms in total. The number of imidazole rings is 1. The fourth-order valence-corrected chi connectivity index (χ4v) is 7.67. The average molecular weight is 806 g/mol. The van der Waals surface area contributed by atoms with E-state index in [4.69, 9.17) is 9.47 Å². The Balaban J connectivity index is 1.09. The molecule has 6 rings (SSSR count). The van der Waals surface area contributed by atoms with Gasteiger partial charge in [0.2, 0.25) is 11.8 Å². The first kappa shape index (κ1) is 42.4. The molecule has 2 saturated heterocycles. The molecule has 4 aromatic rings. The lowest BCUT2D eigenvalue weighted by Gasteiger charge is -2.37. The molecule has 5 amide bonds. The van der Waals surface area contributed by atoms with Gasteiger partial charge in [-0.3, -0.25) is 14.4 Å². The predicted molar refractivity (Wildman–Crippen MR) is 224 cm³/mol. The second kappa shape index (κ2) is 18.6. The Morgan fingerprint density at radius 3 is 2.05 bits per heavy atom. The first-order valence-corrected chi connectivity index (χ1v) is 20.3. The SMILES string of the molecule is COC(=O)N[C@H](C(=O)N1CCC[C@H]1c1cnc(-c2ccc(-c3ccc(NC(=O)[C@H]4CCCCN4C(=O)[C@H](NC(=O)OC(C)(C)C)c4ccccc4)cc3)cc2)[nH]1)C(C)C. The number of aromatic nitrogens is 2. The van der Waals surface area contributed by atoms with E-state index in [2.05, 4.69) is 25.9 Å². The number of methoxy groups -OCH3 is 1. The molecular formula is C45H55N7O7. The zero-order valence-corrected chi connectivity index (χ0v) is 34.6. The molecule has 3 heterocycles. The van der Waals surface area contributed by atoms with Crippen LogP contribution in [0.3, 0.4) is 0 Å². The van der Waals surface area contributed by atoms with Crippen LogP contribution in [0.15, 0.2) is 85.1 Å². The Labute approximate surface area is 345 Å². The highest BCUT2D eigenvalue weighted by Gasteiger charge is 2.39. The molecule has 1 aromatic heterocycles. The van der Waals surface area contributed by atoms with Gasteiger partial charge in [-0.25, -0.2) is 14.6 Å². The summed E-state index contributed by atoms with van der Waals surface area (Å²) in [7, 11) is 1.28. The molecule has 2 aliphatic heterocycles. The molecule has 0 unspecified atom stereocenters. The van der Waals surface area contributed by atoms with Gasteiger partial charge in [0.15, 0.2) is 0 Å². The number of nitrogens with zero attached hydrogens (tertiary/aromatic N) is 3. The molecule has 0 bridgehead atoms. The third-order valence-electron chi connectivity index (χ3n) is 10.7. The molecule has 4 atom stereocenters. The number of anilines is 1. The van der Waals surface area contributed by atoms with E-state index in [9.17, 15) is 24.0 Å². The maximum absolute atomic E-state index is 14.1. The van der Waals surface area contributed by atoms with Crippen molar-refractivity contribution in [1.29, 1.82) is 0 Å². The highest BCUT2D eigenvalue weighted by atomic mass is 16.6. The summed E-state index contributed by atoms with van der Waals surface area (Å²) in [5, 5.41) is 8.44. The number of hydrogen-bond acceptors (Lipinski definition) is 8. The van der Waals surface area contributed by atoms with Crippen LogP contribution in [0.4, 0.5) is 15.3 Å². The lowest BCUT2D eigenvalue weighted by Crippen LogP contribution is -2.53. The molecule has 4 N–H and O–H groups in total. The topological polar surface area (TPSA) is 175 Å². The lowest BCUT2D eigenvalue weighted by atomic mass is 9.98. The average Bonchev–Trinajstić information content (AvgIpc) is 3.92. The smallest absolute Gasteiger partial charge is 0.408 e. The number of benzene rings is 3. The highest BCUT2D eigenvalue weighted by molar-refractivity contribution is 5.99. The van der Waals surface area contributed by atoms with E-state index in [-0.39, 0.29) is 29.7 Å². The van der Waals surface area contributed by atoms with Crippen LogP contribution < -0.4 is 16.0 Å². The number of rotatable bonds is 11. The second-order valence-corrected chi connectivity index (χ2v) is 16.4. The van der Waals surface area contributed by atoms with Crippen molar-refractivity contribution in [3.8, 4) is 22.5 Å². The molecule has 14 heteroatoms. The summed E-state index contributed by atoms with van der Waals surface area (Å²) in [5.74, 6) is -0.240. The lowest BCUT2D eigenvalue weighted by molar-refractivity contribution is -0.142. The molecule has 0 aliphatic carbocycles. The van der Waals surface area contributed by atoms with Gasteiger partial charge in [0, 0.05) is 24.3 Å². The summed E-state index contributed by atoms with van der Waals surface area (Å²) >= 11 is 0. The Morgan fingerprint density at radius 2 is 1.41 bits per heavy atom. The summed E-state index contributed by atoms with van der Waals surface area (Å²) in [4.78, 5) is 77.6. The summed E-state index contributed by atoms with van der Waals surface area (Å²) in [6.07, 6.45) is 4.08. The molecule has 0 radical (unpaired) electrons. The van der Waals surface area contributed by atoms with E-state index < -0.39 is 35.9 Å². The molecule has 312 valence electrons. The van der Waals surface area contributed by atoms with Gasteiger partial charge in [-0.05, 0) is 87.6 Å². The van der Waals surface area contributed by atoms with Gasteiger partial charge in [-0.1, -0.05) is 80.6 Å². The van der Waals surface area contributed by atoms with E-state index in [1.54, 1.807) is 56.1 Å². The second-order valence-electron chi connectivity index (χ2n) is 16.4. The summed E-state index contributed by atoms with van der Waals surface area (Å²) in [6.45, 7) is 10.0. The minimum atomic E-state index is -1.02. The van der Waals surface area contributed by atoms with Crippen molar-refractivity contribution in [2.24, 2.45) is 5.92 Å². The first-order chi connectivity index (χ1) is 28.2. The van der Waals surface area contributed by atoms with Crippen LogP contribution in [0.5, 0.6) is 0 Å². The molecular weight excluding hydrogens is 751 g/mol. The largest absolute Gasteiger partial charge is 0.453 e. The summed E-state index contributed by atoms with van der Waals surface area (Å²) in [6, 6.07) is 21.9. The van der Waals surface area contributed by atoms with Crippen molar-refractivity contribution in [2.45, 2.75) is 96.5 Å². The molecule has 2 aliphatic rings. The third-order valence-corrected chi connectivity index (χ3v) is 10.7. The Bertz CT molecular complexity index is 2090. The van der Waals surface area contributed by atoms with Crippen LogP contribution in [0.2, 0.25) is 0 Å². The minimum absolute atomic E-state index is 0.116. The normalized spacial score (nSPS) is 17.8. The van der Waals surface area contributed by atoms with Crippen LogP contribution in [0.1, 0.15) is 90.1 Å². The zero-order chi connectivity index (χ0) is 42.3. The molecule has 2 fully saturated rings. The number of piperidine rings is 1. The highest BCUT2D eigenvalue weighted by Crippen LogP contribution is 2.34. The zero-order valence-electron chi connectivity index (χ0n) is 34.6. The molecule has 0 spiro atoms. The number of H-pyrrole nitrogens is 1. The number of amides is 5. The van der Waals surface area contributed by atoms with Crippen molar-refractivity contribution >= 4 is 35.6 Å². The van der Waals surface area contributed by atoms with E-state index >= 15 is 0 Å². The van der Waals surface area contributed by atoms with Crippen LogP contribution in [0, 0.1) is 5.92 Å². The summed E-state index contributed by atoms with van der Waals surface area (Å²) in [5.41, 5.74) is 4.09. The van der Waals surface area contributed by atoms with Crippen molar-refractivity contribution in [3.05, 3.63) is 96.3 Å². The van der Waals surface area contributed by atoms with Crippen molar-refractivity contribution in [1.82, 2.24) is 30.4 Å². The molecule has 0 saturated carbocycles. The number of alkyl carbamates (subject to hydrolysis) is 2. The maximum atomic E-state index is 14.1. The fraction of sp³-hybridized carbons (Fsp3) is 0.422. The third kappa shape index (κ3) is 10.5. The van der Waals surface area contributed by atoms with Gasteiger partial charge >= 0.3 is 12.2 Å². The van der Waals surface area contributed by atoms with Crippen molar-refractivity contribution in [3.63, 3.8) is 0 Å². The molecule has 3 aromatic carbocycles. The number of ether oxygens (including phenoxy) is 2. The Morgan fingerprint density at radius 1 is 0.763 bits per heavy atom. The summed E-state index contributed by atoms with van der Waals surface area (Å²) < 4.78 is 10.2. The van der Waals surface area contributed by atoms with Gasteiger partial charge in [0.1, 0.15) is 29.6 Å². The van der Waals surface area contributed by atoms with Gasteiger partial charge in [0.05, 0.1) is 25.0 Å². The van der Waals surface area contributed by atoms with E-state index in [1.807, 2.05) is 73.3 Å². The van der Waals surface area contributed by atoms with Gasteiger partial charge in [-0.2, -0.15) is 0 Å². The fourth-order valence-electron chi connectivity index (χ4n) is 7.67. The number of carbonyl (C=O) groups excluding carboxylic acids is 5. The number of carbonyl (C=O) groups is 5. The van der Waals surface area contributed by atoms with Gasteiger partial charge < -0.3 is 40.2 Å². The van der Waals surface area contributed by atoms with E-state index in [1.165, 1.54) is 7.11 Å². The Kier molecular flexibility index (Phi) is 13.4. The Hall–Kier alpha value is -6.18. The minimum Gasteiger partial charge on any atom is -0.453 e.